The van der Waals surface area contributed by atoms with Crippen LogP contribution in [0.5, 0.6) is 0 Å². The van der Waals surface area contributed by atoms with Crippen molar-refractivity contribution < 1.29 is 19.4 Å². The number of anilines is 1. The van der Waals surface area contributed by atoms with Crippen molar-refractivity contribution in [2.45, 2.75) is 25.6 Å². The summed E-state index contributed by atoms with van der Waals surface area (Å²) in [6.07, 6.45) is 3.31. The standard InChI is InChI=1S/C16H16BrNO4/c1-2-8-7-9(17)3-4-10(8)18-15(19)13-11-5-6-12(22-11)14(13)16(20)21/h3-7,11-14H,2H2,1H3,(H,18,19)(H,20,21)/t11-,12-,13-,14-/m1/s1. The second-order valence-corrected chi connectivity index (χ2v) is 6.40. The first-order chi connectivity index (χ1) is 10.5. The number of benzene rings is 1. The lowest BCUT2D eigenvalue weighted by Crippen LogP contribution is -2.39. The molecule has 1 aromatic carbocycles. The van der Waals surface area contributed by atoms with Crippen LogP contribution >= 0.6 is 15.9 Å². The van der Waals surface area contributed by atoms with E-state index < -0.39 is 30.0 Å². The largest absolute Gasteiger partial charge is 0.481 e. The fraction of sp³-hybridized carbons (Fsp3) is 0.375. The Bertz CT molecular complexity index is 658. The molecule has 1 amide bonds. The molecule has 0 radical (unpaired) electrons. The summed E-state index contributed by atoms with van der Waals surface area (Å²) in [6, 6.07) is 5.61. The number of halogens is 1. The lowest BCUT2D eigenvalue weighted by atomic mass is 9.82. The van der Waals surface area contributed by atoms with E-state index in [9.17, 15) is 14.7 Å². The van der Waals surface area contributed by atoms with E-state index in [0.29, 0.717) is 5.69 Å². The van der Waals surface area contributed by atoms with Crippen LogP contribution in [0.4, 0.5) is 5.69 Å². The normalized spacial score (nSPS) is 28.8. The van der Waals surface area contributed by atoms with Gasteiger partial charge in [0.15, 0.2) is 0 Å². The molecule has 2 aliphatic heterocycles. The molecule has 6 heteroatoms. The van der Waals surface area contributed by atoms with E-state index in [1.807, 2.05) is 25.1 Å². The smallest absolute Gasteiger partial charge is 0.310 e. The SMILES string of the molecule is CCc1cc(Br)ccc1NC(=O)[C@H]1[C@H](C(=O)O)[C@H]2C=C[C@H]1O2. The van der Waals surface area contributed by atoms with Gasteiger partial charge in [-0.15, -0.1) is 0 Å². The summed E-state index contributed by atoms with van der Waals surface area (Å²) >= 11 is 3.41. The molecular formula is C16H16BrNO4. The molecule has 0 unspecified atom stereocenters. The first kappa shape index (κ1) is 15.2. The highest BCUT2D eigenvalue weighted by Gasteiger charge is 2.53. The Morgan fingerprint density at radius 2 is 1.95 bits per heavy atom. The zero-order chi connectivity index (χ0) is 15.9. The molecule has 1 saturated heterocycles. The second-order valence-electron chi connectivity index (χ2n) is 5.48. The molecule has 0 aromatic heterocycles. The maximum absolute atomic E-state index is 12.6. The van der Waals surface area contributed by atoms with Gasteiger partial charge in [0, 0.05) is 10.2 Å². The molecule has 1 aromatic rings. The van der Waals surface area contributed by atoms with Gasteiger partial charge in [0.05, 0.1) is 18.1 Å². The highest BCUT2D eigenvalue weighted by Crippen LogP contribution is 2.40. The third kappa shape index (κ3) is 2.57. The fourth-order valence-corrected chi connectivity index (χ4v) is 3.52. The Morgan fingerprint density at radius 3 is 2.59 bits per heavy atom. The zero-order valence-electron chi connectivity index (χ0n) is 12.0. The van der Waals surface area contributed by atoms with Crippen molar-refractivity contribution in [2.24, 2.45) is 11.8 Å². The summed E-state index contributed by atoms with van der Waals surface area (Å²) in [5.41, 5.74) is 1.71. The molecular weight excluding hydrogens is 350 g/mol. The van der Waals surface area contributed by atoms with Crippen LogP contribution in [0, 0.1) is 11.8 Å². The van der Waals surface area contributed by atoms with Gasteiger partial charge in [-0.3, -0.25) is 9.59 Å². The number of hydrogen-bond donors (Lipinski definition) is 2. The van der Waals surface area contributed by atoms with E-state index in [2.05, 4.69) is 21.2 Å². The van der Waals surface area contributed by atoms with E-state index in [-0.39, 0.29) is 5.91 Å². The summed E-state index contributed by atoms with van der Waals surface area (Å²) in [5.74, 6) is -2.82. The number of nitrogens with one attached hydrogen (secondary N) is 1. The van der Waals surface area contributed by atoms with Crippen molar-refractivity contribution in [1.29, 1.82) is 0 Å². The monoisotopic (exact) mass is 365 g/mol. The third-order valence-corrected chi connectivity index (χ3v) is 4.69. The van der Waals surface area contributed by atoms with Crippen LogP contribution in [-0.2, 0) is 20.7 Å². The van der Waals surface area contributed by atoms with Gasteiger partial charge in [-0.05, 0) is 30.2 Å². The van der Waals surface area contributed by atoms with E-state index in [4.69, 9.17) is 4.74 Å². The predicted molar refractivity (Wildman–Crippen MR) is 84.6 cm³/mol. The number of aryl methyl sites for hydroxylation is 1. The van der Waals surface area contributed by atoms with Crippen molar-refractivity contribution in [3.05, 3.63) is 40.4 Å². The highest BCUT2D eigenvalue weighted by atomic mass is 79.9. The Balaban J connectivity index is 1.83. The summed E-state index contributed by atoms with van der Waals surface area (Å²) in [5, 5.41) is 12.2. The summed E-state index contributed by atoms with van der Waals surface area (Å²) < 4.78 is 6.47. The van der Waals surface area contributed by atoms with Crippen molar-refractivity contribution in [3.63, 3.8) is 0 Å². The van der Waals surface area contributed by atoms with Gasteiger partial charge < -0.3 is 15.2 Å². The molecule has 0 saturated carbocycles. The van der Waals surface area contributed by atoms with Crippen LogP contribution in [0.2, 0.25) is 0 Å². The van der Waals surface area contributed by atoms with Crippen LogP contribution < -0.4 is 5.32 Å². The number of rotatable bonds is 4. The molecule has 22 heavy (non-hydrogen) atoms. The van der Waals surface area contributed by atoms with Gasteiger partial charge >= 0.3 is 5.97 Å². The minimum Gasteiger partial charge on any atom is -0.481 e. The van der Waals surface area contributed by atoms with Crippen LogP contribution in [0.25, 0.3) is 0 Å². The minimum absolute atomic E-state index is 0.304. The van der Waals surface area contributed by atoms with Gasteiger partial charge in [-0.2, -0.15) is 0 Å². The van der Waals surface area contributed by atoms with Crippen LogP contribution in [0.3, 0.4) is 0 Å². The Hall–Kier alpha value is -1.66. The molecule has 4 atom stereocenters. The Morgan fingerprint density at radius 1 is 1.27 bits per heavy atom. The molecule has 2 bridgehead atoms. The third-order valence-electron chi connectivity index (χ3n) is 4.19. The lowest BCUT2D eigenvalue weighted by Gasteiger charge is -2.21. The van der Waals surface area contributed by atoms with Crippen molar-refractivity contribution >= 4 is 33.5 Å². The van der Waals surface area contributed by atoms with Gasteiger partial charge in [-0.25, -0.2) is 0 Å². The van der Waals surface area contributed by atoms with Gasteiger partial charge in [-0.1, -0.05) is 35.0 Å². The minimum atomic E-state index is -0.997. The van der Waals surface area contributed by atoms with Crippen LogP contribution in [-0.4, -0.2) is 29.2 Å². The first-order valence-corrected chi connectivity index (χ1v) is 7.96. The molecule has 3 rings (SSSR count). The highest BCUT2D eigenvalue weighted by molar-refractivity contribution is 9.10. The number of fused-ring (bicyclic) bond motifs is 2. The maximum atomic E-state index is 12.6. The number of ether oxygens (including phenoxy) is 1. The maximum Gasteiger partial charge on any atom is 0.310 e. The van der Waals surface area contributed by atoms with E-state index in [1.54, 1.807) is 12.2 Å². The lowest BCUT2D eigenvalue weighted by molar-refractivity contribution is -0.145. The number of carbonyl (C=O) groups excluding carboxylic acids is 1. The van der Waals surface area contributed by atoms with Crippen LogP contribution in [0.1, 0.15) is 12.5 Å². The molecule has 0 aliphatic carbocycles. The van der Waals surface area contributed by atoms with Gasteiger partial charge in [0.25, 0.3) is 0 Å². The number of aliphatic carboxylic acids is 1. The number of amides is 1. The van der Waals surface area contributed by atoms with Crippen molar-refractivity contribution in [1.82, 2.24) is 0 Å². The fourth-order valence-electron chi connectivity index (χ4n) is 3.11. The number of hydrogen-bond acceptors (Lipinski definition) is 3. The van der Waals surface area contributed by atoms with E-state index in [0.717, 1.165) is 16.5 Å². The topological polar surface area (TPSA) is 75.6 Å². The number of carboxylic acid groups (broad SMARTS) is 1. The molecule has 2 heterocycles. The number of carbonyl (C=O) groups is 2. The van der Waals surface area contributed by atoms with E-state index in [1.165, 1.54) is 0 Å². The quantitative estimate of drug-likeness (QED) is 0.804. The average Bonchev–Trinajstić information content (AvgIpc) is 3.09. The van der Waals surface area contributed by atoms with E-state index >= 15 is 0 Å². The van der Waals surface area contributed by atoms with Crippen molar-refractivity contribution in [3.8, 4) is 0 Å². The summed E-state index contributed by atoms with van der Waals surface area (Å²) in [7, 11) is 0. The predicted octanol–water partition coefficient (Wildman–Crippen LogP) is 2.60. The summed E-state index contributed by atoms with van der Waals surface area (Å²) in [4.78, 5) is 24.0. The molecule has 0 spiro atoms. The molecule has 5 nitrogen and oxygen atoms in total. The van der Waals surface area contributed by atoms with Gasteiger partial charge in [0.1, 0.15) is 5.92 Å². The number of carboxylic acids is 1. The van der Waals surface area contributed by atoms with Crippen LogP contribution in [0.15, 0.2) is 34.8 Å². The zero-order valence-corrected chi connectivity index (χ0v) is 13.5. The Kier molecular flexibility index (Phi) is 4.06. The second kappa shape index (κ2) is 5.85. The van der Waals surface area contributed by atoms with Crippen molar-refractivity contribution in [2.75, 3.05) is 5.32 Å². The molecule has 2 aliphatic rings. The Labute approximate surface area is 136 Å². The summed E-state index contributed by atoms with van der Waals surface area (Å²) in [6.45, 7) is 2.00. The average molecular weight is 366 g/mol. The van der Waals surface area contributed by atoms with Gasteiger partial charge in [0.2, 0.25) is 5.91 Å². The molecule has 116 valence electrons. The molecule has 1 fully saturated rings. The molecule has 2 N–H and O–H groups in total. The first-order valence-electron chi connectivity index (χ1n) is 7.17.